The number of hydrogen-bond donors (Lipinski definition) is 0. The summed E-state index contributed by atoms with van der Waals surface area (Å²) in [5, 5.41) is 4.52. The second kappa shape index (κ2) is 5.33. The van der Waals surface area contributed by atoms with Crippen molar-refractivity contribution >= 4 is 27.7 Å². The van der Waals surface area contributed by atoms with Crippen LogP contribution in [0, 0.1) is 0 Å². The fourth-order valence-corrected chi connectivity index (χ4v) is 6.60. The molecular formula is C13H22N2O2Sn. The van der Waals surface area contributed by atoms with Gasteiger partial charge in [-0.05, 0) is 0 Å². The second-order valence-corrected chi connectivity index (χ2v) is 20.4. The molecule has 0 saturated carbocycles. The van der Waals surface area contributed by atoms with Crippen LogP contribution in [-0.2, 0) is 4.74 Å². The van der Waals surface area contributed by atoms with Crippen molar-refractivity contribution in [2.24, 2.45) is 0 Å². The molecule has 1 fully saturated rings. The molecule has 0 bridgehead atoms. The number of ketones is 1. The molecule has 0 amide bonds. The number of carbonyl (C=O) groups is 1. The van der Waals surface area contributed by atoms with Crippen LogP contribution in [0.5, 0.6) is 0 Å². The maximum absolute atomic E-state index is 12.0. The Bertz CT molecular complexity index is 442. The van der Waals surface area contributed by atoms with Crippen molar-refractivity contribution < 1.29 is 9.53 Å². The average Bonchev–Trinajstić information content (AvgIpc) is 2.74. The Labute approximate surface area is 113 Å². The first-order chi connectivity index (χ1) is 8.41. The van der Waals surface area contributed by atoms with Gasteiger partial charge in [-0.3, -0.25) is 0 Å². The average molecular weight is 357 g/mol. The van der Waals surface area contributed by atoms with Crippen molar-refractivity contribution in [3.8, 4) is 0 Å². The number of rotatable bonds is 3. The van der Waals surface area contributed by atoms with Crippen LogP contribution in [0.4, 0.5) is 0 Å². The van der Waals surface area contributed by atoms with Crippen molar-refractivity contribution in [1.82, 2.24) is 9.78 Å². The van der Waals surface area contributed by atoms with Crippen LogP contribution in [0.2, 0.25) is 14.8 Å². The quantitative estimate of drug-likeness (QED) is 0.614. The molecule has 5 heteroatoms. The maximum atomic E-state index is 12.0. The molecule has 100 valence electrons. The molecule has 0 unspecified atom stereocenters. The van der Waals surface area contributed by atoms with Gasteiger partial charge in [0.25, 0.3) is 0 Å². The fourth-order valence-electron chi connectivity index (χ4n) is 2.47. The molecule has 18 heavy (non-hydrogen) atoms. The zero-order valence-corrected chi connectivity index (χ0v) is 14.5. The molecule has 0 N–H and O–H groups in total. The van der Waals surface area contributed by atoms with Crippen LogP contribution in [0.1, 0.15) is 36.3 Å². The molecule has 0 spiro atoms. The molecule has 1 aliphatic heterocycles. The third-order valence-electron chi connectivity index (χ3n) is 3.47. The van der Waals surface area contributed by atoms with E-state index in [9.17, 15) is 4.79 Å². The van der Waals surface area contributed by atoms with Crippen molar-refractivity contribution in [2.75, 3.05) is 13.2 Å². The van der Waals surface area contributed by atoms with Crippen LogP contribution in [0.25, 0.3) is 0 Å². The van der Waals surface area contributed by atoms with E-state index in [1.165, 1.54) is 3.58 Å². The Morgan fingerprint density at radius 1 is 1.39 bits per heavy atom. The van der Waals surface area contributed by atoms with Gasteiger partial charge in [0.15, 0.2) is 0 Å². The normalized spacial score (nSPS) is 18.0. The number of aromatic nitrogens is 2. The van der Waals surface area contributed by atoms with Gasteiger partial charge in [-0.15, -0.1) is 0 Å². The zero-order chi connectivity index (χ0) is 13.3. The summed E-state index contributed by atoms with van der Waals surface area (Å²) in [6.07, 6.45) is 3.87. The van der Waals surface area contributed by atoms with E-state index >= 15 is 0 Å². The van der Waals surface area contributed by atoms with Gasteiger partial charge < -0.3 is 0 Å². The van der Waals surface area contributed by atoms with E-state index < -0.39 is 18.4 Å². The molecule has 1 aliphatic rings. The van der Waals surface area contributed by atoms with Gasteiger partial charge in [0, 0.05) is 0 Å². The summed E-state index contributed by atoms with van der Waals surface area (Å²) in [6, 6.07) is 0.333. The van der Waals surface area contributed by atoms with Gasteiger partial charge in [-0.1, -0.05) is 0 Å². The first-order valence-electron chi connectivity index (χ1n) is 6.58. The summed E-state index contributed by atoms with van der Waals surface area (Å²) in [6.45, 7) is 3.21. The van der Waals surface area contributed by atoms with Gasteiger partial charge in [0.1, 0.15) is 0 Å². The number of carbonyl (C=O) groups excluding carboxylic acids is 1. The first kappa shape index (κ1) is 14.1. The molecule has 0 aromatic carbocycles. The summed E-state index contributed by atoms with van der Waals surface area (Å²) in [4.78, 5) is 19.0. The van der Waals surface area contributed by atoms with E-state index in [1.54, 1.807) is 6.92 Å². The van der Waals surface area contributed by atoms with Crippen LogP contribution in [0.15, 0.2) is 6.20 Å². The number of Topliss-reactive ketones (excluding diaryl/α,β-unsaturated/α-hetero) is 1. The number of hydrogen-bond acceptors (Lipinski definition) is 3. The van der Waals surface area contributed by atoms with Crippen molar-refractivity contribution in [2.45, 2.75) is 40.6 Å². The Morgan fingerprint density at radius 2 is 2.00 bits per heavy atom. The van der Waals surface area contributed by atoms with Crippen LogP contribution < -0.4 is 3.58 Å². The second-order valence-electron chi connectivity index (χ2n) is 6.00. The van der Waals surface area contributed by atoms with E-state index in [-0.39, 0.29) is 5.78 Å². The Morgan fingerprint density at radius 3 is 2.50 bits per heavy atom. The topological polar surface area (TPSA) is 44.1 Å². The predicted molar refractivity (Wildman–Crippen MR) is 74.3 cm³/mol. The molecule has 0 aliphatic carbocycles. The SMILES string of the molecule is CC(=O)c1[c]([Sn]([CH3])([CH3])[CH3])cnn1C1CCOCC1. The van der Waals surface area contributed by atoms with Crippen LogP contribution in [-0.4, -0.2) is 47.2 Å². The minimum absolute atomic E-state index is 0.153. The van der Waals surface area contributed by atoms with Crippen LogP contribution >= 0.6 is 0 Å². The van der Waals surface area contributed by atoms with E-state index in [0.717, 1.165) is 31.7 Å². The first-order valence-corrected chi connectivity index (χ1v) is 16.6. The van der Waals surface area contributed by atoms with Gasteiger partial charge in [-0.2, -0.15) is 0 Å². The van der Waals surface area contributed by atoms with Crippen molar-refractivity contribution in [3.05, 3.63) is 11.9 Å². The Hall–Kier alpha value is -0.361. The van der Waals surface area contributed by atoms with E-state index in [4.69, 9.17) is 4.74 Å². The number of nitrogens with zero attached hydrogens (tertiary/aromatic N) is 2. The number of ether oxygens (including phenoxy) is 1. The molecule has 0 radical (unpaired) electrons. The Balaban J connectivity index is 2.42. The van der Waals surface area contributed by atoms with E-state index in [0.29, 0.717) is 6.04 Å². The minimum atomic E-state index is -2.27. The summed E-state index contributed by atoms with van der Waals surface area (Å²) in [5.74, 6) is 0.153. The van der Waals surface area contributed by atoms with Crippen molar-refractivity contribution in [3.63, 3.8) is 0 Å². The molecule has 1 aromatic rings. The molecule has 1 aromatic heterocycles. The third-order valence-corrected chi connectivity index (χ3v) is 9.13. The van der Waals surface area contributed by atoms with Gasteiger partial charge in [0.05, 0.1) is 0 Å². The van der Waals surface area contributed by atoms with Crippen LogP contribution in [0.3, 0.4) is 0 Å². The fraction of sp³-hybridized carbons (Fsp3) is 0.692. The summed E-state index contributed by atoms with van der Waals surface area (Å²) in [5.41, 5.74) is 0.866. The van der Waals surface area contributed by atoms with Gasteiger partial charge in [-0.25, -0.2) is 0 Å². The summed E-state index contributed by atoms with van der Waals surface area (Å²) in [7, 11) is 0. The molecule has 1 saturated heterocycles. The van der Waals surface area contributed by atoms with Gasteiger partial charge >= 0.3 is 113 Å². The monoisotopic (exact) mass is 358 g/mol. The standard InChI is InChI=1S/C10H13N2O2.3CH3.Sn/c1-8(13)10-2-5-11-12(10)9-3-6-14-7-4-9;;;;/h5,9H,3-4,6-7H2,1H3;3*1H3;. The van der Waals surface area contributed by atoms with Gasteiger partial charge in [0.2, 0.25) is 0 Å². The summed E-state index contributed by atoms with van der Waals surface area (Å²) < 4.78 is 8.61. The zero-order valence-electron chi connectivity index (χ0n) is 11.7. The molecule has 0 atom stereocenters. The predicted octanol–water partition coefficient (Wildman–Crippen LogP) is 1.98. The van der Waals surface area contributed by atoms with E-state index in [2.05, 4.69) is 19.9 Å². The molecular weight excluding hydrogens is 335 g/mol. The summed E-state index contributed by atoms with van der Waals surface area (Å²) >= 11 is -2.27. The van der Waals surface area contributed by atoms with Crippen molar-refractivity contribution in [1.29, 1.82) is 0 Å². The third kappa shape index (κ3) is 2.79. The Kier molecular flexibility index (Phi) is 4.16. The molecule has 2 rings (SSSR count). The van der Waals surface area contributed by atoms with E-state index in [1.807, 2.05) is 10.9 Å². The molecule has 2 heterocycles. The molecule has 4 nitrogen and oxygen atoms in total.